The molecule has 1 unspecified atom stereocenters. The lowest BCUT2D eigenvalue weighted by molar-refractivity contribution is 0.0571. The van der Waals surface area contributed by atoms with Crippen molar-refractivity contribution in [2.45, 2.75) is 52.1 Å². The molecule has 1 aliphatic heterocycles. The molecule has 0 spiro atoms. The second-order valence-electron chi connectivity index (χ2n) is 6.50. The SMILES string of the molecule is Cc1cccc(=O)n1CCCCNC(=O)NC(C)C1CCOCC1. The number of unbranched alkanes of at least 4 members (excludes halogenated alkanes) is 1. The Morgan fingerprint density at radius 1 is 1.33 bits per heavy atom. The maximum absolute atomic E-state index is 11.9. The van der Waals surface area contributed by atoms with E-state index in [2.05, 4.69) is 17.6 Å². The number of carbonyl (C=O) groups excluding carboxylic acids is 1. The van der Waals surface area contributed by atoms with Crippen molar-refractivity contribution in [2.75, 3.05) is 19.8 Å². The van der Waals surface area contributed by atoms with Crippen molar-refractivity contribution in [3.8, 4) is 0 Å². The smallest absolute Gasteiger partial charge is 0.315 e. The molecule has 0 aromatic carbocycles. The lowest BCUT2D eigenvalue weighted by Gasteiger charge is -2.28. The van der Waals surface area contributed by atoms with E-state index < -0.39 is 0 Å². The third-order valence-corrected chi connectivity index (χ3v) is 4.69. The molecular weight excluding hydrogens is 306 g/mol. The lowest BCUT2D eigenvalue weighted by atomic mass is 9.93. The quantitative estimate of drug-likeness (QED) is 0.749. The van der Waals surface area contributed by atoms with Crippen LogP contribution in [0.2, 0.25) is 0 Å². The van der Waals surface area contributed by atoms with Crippen LogP contribution in [0, 0.1) is 12.8 Å². The van der Waals surface area contributed by atoms with E-state index >= 15 is 0 Å². The minimum atomic E-state index is -0.109. The zero-order valence-electron chi connectivity index (χ0n) is 14.7. The standard InChI is InChI=1S/C18H29N3O3/c1-14-6-5-7-17(22)21(14)11-4-3-10-19-18(23)20-15(2)16-8-12-24-13-9-16/h5-7,15-16H,3-4,8-13H2,1-2H3,(H2,19,20,23). The van der Waals surface area contributed by atoms with Crippen LogP contribution in [-0.2, 0) is 11.3 Å². The number of urea groups is 1. The highest BCUT2D eigenvalue weighted by atomic mass is 16.5. The molecule has 1 aromatic rings. The van der Waals surface area contributed by atoms with Gasteiger partial charge < -0.3 is 19.9 Å². The molecule has 134 valence electrons. The Morgan fingerprint density at radius 2 is 2.08 bits per heavy atom. The maximum atomic E-state index is 11.9. The van der Waals surface area contributed by atoms with Gasteiger partial charge in [-0.2, -0.15) is 0 Å². The summed E-state index contributed by atoms with van der Waals surface area (Å²) in [5, 5.41) is 5.92. The van der Waals surface area contributed by atoms with Crippen LogP contribution in [0.4, 0.5) is 4.79 Å². The van der Waals surface area contributed by atoms with E-state index in [9.17, 15) is 9.59 Å². The van der Waals surface area contributed by atoms with Gasteiger partial charge in [-0.1, -0.05) is 6.07 Å². The number of hydrogen-bond donors (Lipinski definition) is 2. The van der Waals surface area contributed by atoms with Gasteiger partial charge >= 0.3 is 6.03 Å². The van der Waals surface area contributed by atoms with Crippen LogP contribution in [-0.4, -0.2) is 36.4 Å². The van der Waals surface area contributed by atoms with Crippen molar-refractivity contribution in [3.63, 3.8) is 0 Å². The van der Waals surface area contributed by atoms with Gasteiger partial charge in [0.05, 0.1) is 0 Å². The van der Waals surface area contributed by atoms with Gasteiger partial charge in [-0.3, -0.25) is 4.79 Å². The van der Waals surface area contributed by atoms with Crippen LogP contribution in [0.5, 0.6) is 0 Å². The van der Waals surface area contributed by atoms with Crippen LogP contribution in [0.1, 0.15) is 38.3 Å². The predicted molar refractivity (Wildman–Crippen MR) is 94.2 cm³/mol. The van der Waals surface area contributed by atoms with Crippen molar-refractivity contribution < 1.29 is 9.53 Å². The third kappa shape index (κ3) is 5.67. The first kappa shape index (κ1) is 18.5. The number of carbonyl (C=O) groups is 1. The molecular formula is C18H29N3O3. The predicted octanol–water partition coefficient (Wildman–Crippen LogP) is 2.05. The van der Waals surface area contributed by atoms with E-state index in [-0.39, 0.29) is 17.6 Å². The Labute approximate surface area is 143 Å². The van der Waals surface area contributed by atoms with Gasteiger partial charge in [0.2, 0.25) is 0 Å². The summed E-state index contributed by atoms with van der Waals surface area (Å²) in [6, 6.07) is 5.35. The molecule has 1 atom stereocenters. The largest absolute Gasteiger partial charge is 0.381 e. The normalized spacial score (nSPS) is 16.6. The molecule has 0 bridgehead atoms. The summed E-state index contributed by atoms with van der Waals surface area (Å²) in [5.41, 5.74) is 1.00. The number of nitrogens with zero attached hydrogens (tertiary/aromatic N) is 1. The number of nitrogens with one attached hydrogen (secondary N) is 2. The fraction of sp³-hybridized carbons (Fsp3) is 0.667. The molecule has 2 rings (SSSR count). The molecule has 1 saturated heterocycles. The second kappa shape index (κ2) is 9.47. The second-order valence-corrected chi connectivity index (χ2v) is 6.50. The van der Waals surface area contributed by atoms with Gasteiger partial charge in [0.1, 0.15) is 0 Å². The highest BCUT2D eigenvalue weighted by molar-refractivity contribution is 5.74. The average molecular weight is 335 g/mol. The third-order valence-electron chi connectivity index (χ3n) is 4.69. The van der Waals surface area contributed by atoms with Crippen LogP contribution < -0.4 is 16.2 Å². The van der Waals surface area contributed by atoms with Gasteiger partial charge in [-0.15, -0.1) is 0 Å². The molecule has 0 radical (unpaired) electrons. The average Bonchev–Trinajstić information content (AvgIpc) is 2.57. The fourth-order valence-electron chi connectivity index (χ4n) is 3.10. The van der Waals surface area contributed by atoms with Crippen molar-refractivity contribution in [1.29, 1.82) is 0 Å². The minimum absolute atomic E-state index is 0.0333. The van der Waals surface area contributed by atoms with E-state index in [0.29, 0.717) is 19.0 Å². The number of ether oxygens (including phenoxy) is 1. The molecule has 1 aromatic heterocycles. The van der Waals surface area contributed by atoms with Crippen LogP contribution in [0.15, 0.2) is 23.0 Å². The van der Waals surface area contributed by atoms with Gasteiger partial charge in [0.25, 0.3) is 5.56 Å². The van der Waals surface area contributed by atoms with E-state index in [1.54, 1.807) is 16.7 Å². The summed E-state index contributed by atoms with van der Waals surface area (Å²) in [5.74, 6) is 0.498. The molecule has 0 aliphatic carbocycles. The van der Waals surface area contributed by atoms with E-state index in [4.69, 9.17) is 4.74 Å². The first-order valence-electron chi connectivity index (χ1n) is 8.86. The molecule has 6 heteroatoms. The van der Waals surface area contributed by atoms with Gasteiger partial charge in [-0.05, 0) is 51.5 Å². The maximum Gasteiger partial charge on any atom is 0.315 e. The number of aromatic nitrogens is 1. The molecule has 0 saturated carbocycles. The number of pyridine rings is 1. The summed E-state index contributed by atoms with van der Waals surface area (Å²) >= 11 is 0. The highest BCUT2D eigenvalue weighted by Gasteiger charge is 2.21. The van der Waals surface area contributed by atoms with Crippen molar-refractivity contribution in [2.24, 2.45) is 5.92 Å². The first-order chi connectivity index (χ1) is 11.6. The highest BCUT2D eigenvalue weighted by Crippen LogP contribution is 2.18. The van der Waals surface area contributed by atoms with Crippen LogP contribution in [0.3, 0.4) is 0 Å². The number of rotatable bonds is 7. The molecule has 1 fully saturated rings. The van der Waals surface area contributed by atoms with Gasteiger partial charge in [-0.25, -0.2) is 4.79 Å². The summed E-state index contributed by atoms with van der Waals surface area (Å²) in [4.78, 5) is 23.7. The summed E-state index contributed by atoms with van der Waals surface area (Å²) in [6.45, 7) is 6.87. The summed E-state index contributed by atoms with van der Waals surface area (Å²) < 4.78 is 7.12. The van der Waals surface area contributed by atoms with E-state index in [1.165, 1.54) is 0 Å². The fourth-order valence-corrected chi connectivity index (χ4v) is 3.10. The summed E-state index contributed by atoms with van der Waals surface area (Å²) in [7, 11) is 0. The molecule has 2 N–H and O–H groups in total. The minimum Gasteiger partial charge on any atom is -0.381 e. The number of aryl methyl sites for hydroxylation is 1. The Balaban J connectivity index is 1.61. The van der Waals surface area contributed by atoms with Crippen LogP contribution in [0.25, 0.3) is 0 Å². The molecule has 1 aliphatic rings. The Hall–Kier alpha value is -1.82. The molecule has 2 heterocycles. The molecule has 2 amide bonds. The van der Waals surface area contributed by atoms with Gasteiger partial charge in [0, 0.05) is 44.1 Å². The Morgan fingerprint density at radius 3 is 2.79 bits per heavy atom. The first-order valence-corrected chi connectivity index (χ1v) is 8.86. The van der Waals surface area contributed by atoms with Crippen molar-refractivity contribution >= 4 is 6.03 Å². The van der Waals surface area contributed by atoms with E-state index in [0.717, 1.165) is 44.6 Å². The zero-order chi connectivity index (χ0) is 17.4. The topological polar surface area (TPSA) is 72.4 Å². The number of amides is 2. The van der Waals surface area contributed by atoms with Crippen molar-refractivity contribution in [1.82, 2.24) is 15.2 Å². The Bertz CT molecular complexity index is 579. The van der Waals surface area contributed by atoms with Crippen LogP contribution >= 0.6 is 0 Å². The number of hydrogen-bond acceptors (Lipinski definition) is 3. The monoisotopic (exact) mass is 335 g/mol. The van der Waals surface area contributed by atoms with Crippen molar-refractivity contribution in [3.05, 3.63) is 34.2 Å². The van der Waals surface area contributed by atoms with E-state index in [1.807, 2.05) is 13.0 Å². The summed E-state index contributed by atoms with van der Waals surface area (Å²) in [6.07, 6.45) is 3.72. The lowest BCUT2D eigenvalue weighted by Crippen LogP contribution is -2.45. The van der Waals surface area contributed by atoms with Gasteiger partial charge in [0.15, 0.2) is 0 Å². The zero-order valence-corrected chi connectivity index (χ0v) is 14.7. The molecule has 6 nitrogen and oxygen atoms in total. The Kier molecular flexibility index (Phi) is 7.31. The molecule has 24 heavy (non-hydrogen) atoms.